The van der Waals surface area contributed by atoms with Crippen molar-refractivity contribution in [2.75, 3.05) is 11.9 Å². The highest BCUT2D eigenvalue weighted by molar-refractivity contribution is 9.10. The zero-order valence-corrected chi connectivity index (χ0v) is 11.7. The van der Waals surface area contributed by atoms with Crippen LogP contribution in [0.5, 0.6) is 0 Å². The second-order valence-electron chi connectivity index (χ2n) is 4.38. The summed E-state index contributed by atoms with van der Waals surface area (Å²) in [5, 5.41) is 14.0. The fourth-order valence-electron chi connectivity index (χ4n) is 1.54. The standard InChI is InChI=1S/C12H17BrN2O2/c1-9(2)4-3-7-14-11-6-5-10(13)8-12(11)15(16)17/h5-6,8-9,14H,3-4,7H2,1-2H3. The Morgan fingerprint density at radius 1 is 1.47 bits per heavy atom. The van der Waals surface area contributed by atoms with Crippen LogP contribution in [-0.2, 0) is 0 Å². The third kappa shape index (κ3) is 4.73. The maximum atomic E-state index is 10.9. The third-order valence-electron chi connectivity index (χ3n) is 2.43. The number of hydrogen-bond acceptors (Lipinski definition) is 3. The molecule has 0 aliphatic heterocycles. The van der Waals surface area contributed by atoms with E-state index in [1.165, 1.54) is 6.07 Å². The van der Waals surface area contributed by atoms with Crippen LogP contribution < -0.4 is 5.32 Å². The molecule has 17 heavy (non-hydrogen) atoms. The normalized spacial score (nSPS) is 10.6. The van der Waals surface area contributed by atoms with Crippen LogP contribution in [-0.4, -0.2) is 11.5 Å². The number of anilines is 1. The van der Waals surface area contributed by atoms with Gasteiger partial charge in [0.2, 0.25) is 0 Å². The van der Waals surface area contributed by atoms with Gasteiger partial charge < -0.3 is 5.32 Å². The van der Waals surface area contributed by atoms with Crippen LogP contribution in [0.1, 0.15) is 26.7 Å². The molecule has 0 fully saturated rings. The molecule has 0 unspecified atom stereocenters. The van der Waals surface area contributed by atoms with Gasteiger partial charge >= 0.3 is 0 Å². The molecule has 94 valence electrons. The molecule has 0 aliphatic carbocycles. The van der Waals surface area contributed by atoms with Gasteiger partial charge in [-0.1, -0.05) is 29.8 Å². The Balaban J connectivity index is 2.61. The number of nitro benzene ring substituents is 1. The second-order valence-corrected chi connectivity index (χ2v) is 5.30. The molecule has 0 spiro atoms. The van der Waals surface area contributed by atoms with Crippen LogP contribution >= 0.6 is 15.9 Å². The molecule has 0 aliphatic rings. The Labute approximate surface area is 110 Å². The summed E-state index contributed by atoms with van der Waals surface area (Å²) in [7, 11) is 0. The van der Waals surface area contributed by atoms with Gasteiger partial charge in [0.25, 0.3) is 5.69 Å². The molecule has 4 nitrogen and oxygen atoms in total. The molecule has 1 aromatic rings. The van der Waals surface area contributed by atoms with Crippen molar-refractivity contribution in [2.45, 2.75) is 26.7 Å². The Morgan fingerprint density at radius 2 is 2.18 bits per heavy atom. The van der Waals surface area contributed by atoms with Crippen molar-refractivity contribution in [2.24, 2.45) is 5.92 Å². The van der Waals surface area contributed by atoms with Crippen molar-refractivity contribution in [3.05, 3.63) is 32.8 Å². The van der Waals surface area contributed by atoms with Crippen LogP contribution in [0.2, 0.25) is 0 Å². The van der Waals surface area contributed by atoms with Crippen LogP contribution in [0.3, 0.4) is 0 Å². The number of halogens is 1. The minimum Gasteiger partial charge on any atom is -0.379 e. The maximum Gasteiger partial charge on any atom is 0.293 e. The fraction of sp³-hybridized carbons (Fsp3) is 0.500. The number of nitrogens with zero attached hydrogens (tertiary/aromatic N) is 1. The molecule has 0 bridgehead atoms. The van der Waals surface area contributed by atoms with E-state index in [1.807, 2.05) is 0 Å². The first-order chi connectivity index (χ1) is 8.00. The zero-order valence-electron chi connectivity index (χ0n) is 10.1. The lowest BCUT2D eigenvalue weighted by atomic mass is 10.1. The van der Waals surface area contributed by atoms with Crippen molar-refractivity contribution in [1.82, 2.24) is 0 Å². The van der Waals surface area contributed by atoms with Gasteiger partial charge in [-0.05, 0) is 30.9 Å². The highest BCUT2D eigenvalue weighted by Gasteiger charge is 2.13. The SMILES string of the molecule is CC(C)CCCNc1ccc(Br)cc1[N+](=O)[O-]. The van der Waals surface area contributed by atoms with Crippen molar-refractivity contribution in [1.29, 1.82) is 0 Å². The van der Waals surface area contributed by atoms with Gasteiger partial charge in [0.05, 0.1) is 4.92 Å². The van der Waals surface area contributed by atoms with E-state index in [0.717, 1.165) is 23.9 Å². The first-order valence-electron chi connectivity index (χ1n) is 5.68. The largest absolute Gasteiger partial charge is 0.379 e. The lowest BCUT2D eigenvalue weighted by Crippen LogP contribution is -2.05. The highest BCUT2D eigenvalue weighted by atomic mass is 79.9. The lowest BCUT2D eigenvalue weighted by Gasteiger charge is -2.08. The number of benzene rings is 1. The summed E-state index contributed by atoms with van der Waals surface area (Å²) in [5.74, 6) is 0.664. The van der Waals surface area contributed by atoms with Gasteiger partial charge in [-0.2, -0.15) is 0 Å². The smallest absolute Gasteiger partial charge is 0.293 e. The Kier molecular flexibility index (Phi) is 5.41. The molecule has 0 aromatic heterocycles. The summed E-state index contributed by atoms with van der Waals surface area (Å²) in [6.45, 7) is 5.10. The summed E-state index contributed by atoms with van der Waals surface area (Å²) < 4.78 is 0.719. The van der Waals surface area contributed by atoms with Crippen molar-refractivity contribution < 1.29 is 4.92 Å². The van der Waals surface area contributed by atoms with Gasteiger partial charge in [-0.15, -0.1) is 0 Å². The number of nitro groups is 1. The highest BCUT2D eigenvalue weighted by Crippen LogP contribution is 2.27. The predicted molar refractivity (Wildman–Crippen MR) is 73.4 cm³/mol. The van der Waals surface area contributed by atoms with E-state index in [9.17, 15) is 10.1 Å². The molecule has 0 amide bonds. The monoisotopic (exact) mass is 300 g/mol. The second kappa shape index (κ2) is 6.59. The van der Waals surface area contributed by atoms with E-state index in [1.54, 1.807) is 12.1 Å². The van der Waals surface area contributed by atoms with Gasteiger partial charge in [0, 0.05) is 17.1 Å². The van der Waals surface area contributed by atoms with Crippen molar-refractivity contribution >= 4 is 27.3 Å². The molecule has 0 saturated heterocycles. The van der Waals surface area contributed by atoms with E-state index >= 15 is 0 Å². The molecular weight excluding hydrogens is 284 g/mol. The first-order valence-corrected chi connectivity index (χ1v) is 6.48. The van der Waals surface area contributed by atoms with Crippen LogP contribution in [0.15, 0.2) is 22.7 Å². The Bertz CT molecular complexity index is 394. The summed E-state index contributed by atoms with van der Waals surface area (Å²) in [6, 6.07) is 5.06. The quantitative estimate of drug-likeness (QED) is 0.486. The number of rotatable bonds is 6. The molecule has 0 heterocycles. The molecule has 5 heteroatoms. The van der Waals surface area contributed by atoms with Crippen LogP contribution in [0, 0.1) is 16.0 Å². The average Bonchev–Trinajstić information content (AvgIpc) is 2.25. The molecule has 0 saturated carbocycles. The van der Waals surface area contributed by atoms with Gasteiger partial charge in [0.15, 0.2) is 0 Å². The topological polar surface area (TPSA) is 55.2 Å². The van der Waals surface area contributed by atoms with Gasteiger partial charge in [-0.25, -0.2) is 0 Å². The van der Waals surface area contributed by atoms with Crippen LogP contribution in [0.4, 0.5) is 11.4 Å². The molecule has 0 atom stereocenters. The predicted octanol–water partition coefficient (Wildman–Crippen LogP) is 4.21. The molecular formula is C12H17BrN2O2. The first kappa shape index (κ1) is 14.0. The maximum absolute atomic E-state index is 10.9. The van der Waals surface area contributed by atoms with Crippen molar-refractivity contribution in [3.8, 4) is 0 Å². The fourth-order valence-corrected chi connectivity index (χ4v) is 1.89. The molecule has 0 radical (unpaired) electrons. The number of nitrogens with one attached hydrogen (secondary N) is 1. The van der Waals surface area contributed by atoms with E-state index in [4.69, 9.17) is 0 Å². The van der Waals surface area contributed by atoms with Crippen LogP contribution in [0.25, 0.3) is 0 Å². The molecule has 1 aromatic carbocycles. The van der Waals surface area contributed by atoms with E-state index in [-0.39, 0.29) is 10.6 Å². The summed E-state index contributed by atoms with van der Waals surface area (Å²) in [6.07, 6.45) is 2.14. The number of hydrogen-bond donors (Lipinski definition) is 1. The third-order valence-corrected chi connectivity index (χ3v) is 2.92. The van der Waals surface area contributed by atoms with Gasteiger partial charge in [0.1, 0.15) is 5.69 Å². The van der Waals surface area contributed by atoms with E-state index in [0.29, 0.717) is 11.6 Å². The van der Waals surface area contributed by atoms with Crippen molar-refractivity contribution in [3.63, 3.8) is 0 Å². The Hall–Kier alpha value is -1.10. The lowest BCUT2D eigenvalue weighted by molar-refractivity contribution is -0.384. The minimum atomic E-state index is -0.366. The molecule has 1 rings (SSSR count). The minimum absolute atomic E-state index is 0.115. The van der Waals surface area contributed by atoms with Gasteiger partial charge in [-0.3, -0.25) is 10.1 Å². The average molecular weight is 301 g/mol. The Morgan fingerprint density at radius 3 is 2.76 bits per heavy atom. The summed E-state index contributed by atoms with van der Waals surface area (Å²) >= 11 is 3.23. The van der Waals surface area contributed by atoms with E-state index < -0.39 is 0 Å². The zero-order chi connectivity index (χ0) is 12.8. The summed E-state index contributed by atoms with van der Waals surface area (Å²) in [4.78, 5) is 10.5. The molecule has 1 N–H and O–H groups in total. The van der Waals surface area contributed by atoms with E-state index in [2.05, 4.69) is 35.1 Å². The summed E-state index contributed by atoms with van der Waals surface area (Å²) in [5.41, 5.74) is 0.700.